The van der Waals surface area contributed by atoms with Crippen molar-refractivity contribution in [2.45, 2.75) is 25.9 Å². The van der Waals surface area contributed by atoms with Crippen LogP contribution in [0.3, 0.4) is 0 Å². The number of methoxy groups -OCH3 is 1. The number of H-pyrrole nitrogens is 1. The highest BCUT2D eigenvalue weighted by Crippen LogP contribution is 2.33. The predicted molar refractivity (Wildman–Crippen MR) is 134 cm³/mol. The van der Waals surface area contributed by atoms with Gasteiger partial charge < -0.3 is 19.1 Å². The average molecular weight is 487 g/mol. The molecule has 1 aliphatic rings. The van der Waals surface area contributed by atoms with Crippen molar-refractivity contribution in [1.82, 2.24) is 35.0 Å². The monoisotopic (exact) mass is 486 g/mol. The van der Waals surface area contributed by atoms with Gasteiger partial charge >= 0.3 is 0 Å². The molecule has 0 aliphatic carbocycles. The Hall–Kier alpha value is -4.41. The second kappa shape index (κ2) is 9.33. The van der Waals surface area contributed by atoms with E-state index in [1.807, 2.05) is 29.9 Å². The lowest BCUT2D eigenvalue weighted by atomic mass is 10.1. The van der Waals surface area contributed by atoms with E-state index in [1.54, 1.807) is 25.4 Å². The molecule has 11 heteroatoms. The summed E-state index contributed by atoms with van der Waals surface area (Å²) in [5, 5.41) is 20.7. The fourth-order valence-corrected chi connectivity index (χ4v) is 4.59. The van der Waals surface area contributed by atoms with Crippen LogP contribution in [-0.4, -0.2) is 67.9 Å². The third kappa shape index (κ3) is 4.12. The quantitative estimate of drug-likeness (QED) is 0.369. The standard InChI is InChI=1S/C25H26N8O3/c1-3-35-18-12-19(24-20-14-27-30-25(20)31-33(24)15-18)16-4-5-21(26-13-16)32-10-8-17(9-11-32)36-23-7-6-22(34-2)28-29-23/h4-7,12-15,17H,3,8-11H2,1-2H3,(H,30,31). The van der Waals surface area contributed by atoms with E-state index in [4.69, 9.17) is 19.2 Å². The molecule has 0 bridgehead atoms. The Balaban J connectivity index is 1.19. The molecular weight excluding hydrogens is 460 g/mol. The van der Waals surface area contributed by atoms with Crippen LogP contribution in [0.4, 0.5) is 5.82 Å². The Bertz CT molecular complexity index is 1470. The fraction of sp³-hybridized carbons (Fsp3) is 0.320. The molecule has 11 nitrogen and oxygen atoms in total. The van der Waals surface area contributed by atoms with Crippen LogP contribution < -0.4 is 19.1 Å². The molecular formula is C25H26N8O3. The van der Waals surface area contributed by atoms with Crippen LogP contribution in [0.2, 0.25) is 0 Å². The van der Waals surface area contributed by atoms with Crippen LogP contribution in [0.5, 0.6) is 17.5 Å². The second-order valence-corrected chi connectivity index (χ2v) is 8.57. The number of aromatic amines is 1. The van der Waals surface area contributed by atoms with E-state index in [-0.39, 0.29) is 6.10 Å². The van der Waals surface area contributed by atoms with Crippen molar-refractivity contribution < 1.29 is 14.2 Å². The summed E-state index contributed by atoms with van der Waals surface area (Å²) in [5.74, 6) is 2.69. The maximum Gasteiger partial charge on any atom is 0.233 e. The average Bonchev–Trinajstić information content (AvgIpc) is 3.51. The third-order valence-electron chi connectivity index (χ3n) is 6.35. The van der Waals surface area contributed by atoms with Crippen LogP contribution >= 0.6 is 0 Å². The zero-order chi connectivity index (χ0) is 24.5. The highest BCUT2D eigenvalue weighted by molar-refractivity contribution is 6.00. The van der Waals surface area contributed by atoms with E-state index in [0.717, 1.165) is 65.2 Å². The van der Waals surface area contributed by atoms with E-state index in [9.17, 15) is 0 Å². The van der Waals surface area contributed by atoms with Gasteiger partial charge in [-0.25, -0.2) is 9.50 Å². The number of piperidine rings is 1. The van der Waals surface area contributed by atoms with E-state index < -0.39 is 0 Å². The number of rotatable bonds is 7. The van der Waals surface area contributed by atoms with Crippen LogP contribution in [0.1, 0.15) is 19.8 Å². The Morgan fingerprint density at radius 2 is 1.89 bits per heavy atom. The lowest BCUT2D eigenvalue weighted by Crippen LogP contribution is -2.38. The molecule has 0 spiro atoms. The van der Waals surface area contributed by atoms with Gasteiger partial charge in [-0.3, -0.25) is 5.10 Å². The van der Waals surface area contributed by atoms with Crippen molar-refractivity contribution in [2.75, 3.05) is 31.7 Å². The Labute approximate surface area is 207 Å². The van der Waals surface area contributed by atoms with Crippen molar-refractivity contribution in [2.24, 2.45) is 0 Å². The Morgan fingerprint density at radius 1 is 1.06 bits per heavy atom. The number of ether oxygens (including phenoxy) is 3. The Morgan fingerprint density at radius 3 is 2.61 bits per heavy atom. The van der Waals surface area contributed by atoms with Crippen LogP contribution in [0.25, 0.3) is 27.7 Å². The molecule has 5 aromatic heterocycles. The molecule has 1 N–H and O–H groups in total. The Kier molecular flexibility index (Phi) is 5.72. The molecule has 5 aromatic rings. The summed E-state index contributed by atoms with van der Waals surface area (Å²) in [6, 6.07) is 9.74. The van der Waals surface area contributed by atoms with Gasteiger partial charge in [0.25, 0.3) is 0 Å². The second-order valence-electron chi connectivity index (χ2n) is 8.57. The first-order chi connectivity index (χ1) is 17.7. The van der Waals surface area contributed by atoms with Crippen molar-refractivity contribution in [1.29, 1.82) is 0 Å². The molecule has 0 amide bonds. The summed E-state index contributed by atoms with van der Waals surface area (Å²) >= 11 is 0. The fourth-order valence-electron chi connectivity index (χ4n) is 4.59. The van der Waals surface area contributed by atoms with Crippen molar-refractivity contribution in [3.05, 3.63) is 48.9 Å². The van der Waals surface area contributed by atoms with E-state index in [0.29, 0.717) is 18.4 Å². The normalized spacial score (nSPS) is 14.4. The van der Waals surface area contributed by atoms with Crippen molar-refractivity contribution >= 4 is 22.4 Å². The first-order valence-corrected chi connectivity index (χ1v) is 12.0. The number of nitrogens with zero attached hydrogens (tertiary/aromatic N) is 7. The molecule has 184 valence electrons. The number of pyridine rings is 2. The molecule has 36 heavy (non-hydrogen) atoms. The SMILES string of the molecule is CCOc1cc(-c2ccc(N3CCC(Oc4ccc(OC)nn4)CC3)nc2)c2c3cn[nH]c3nn2c1. The zero-order valence-corrected chi connectivity index (χ0v) is 20.1. The van der Waals surface area contributed by atoms with E-state index in [1.165, 1.54) is 0 Å². The van der Waals surface area contributed by atoms with Gasteiger partial charge in [0.1, 0.15) is 17.7 Å². The summed E-state index contributed by atoms with van der Waals surface area (Å²) in [7, 11) is 1.56. The van der Waals surface area contributed by atoms with Gasteiger partial charge in [0.2, 0.25) is 11.8 Å². The number of fused-ring (bicyclic) bond motifs is 3. The first kappa shape index (κ1) is 22.1. The highest BCUT2D eigenvalue weighted by atomic mass is 16.5. The van der Waals surface area contributed by atoms with Crippen molar-refractivity contribution in [3.8, 4) is 28.6 Å². The third-order valence-corrected chi connectivity index (χ3v) is 6.35. The summed E-state index contributed by atoms with van der Waals surface area (Å²) in [5.41, 5.74) is 3.69. The van der Waals surface area contributed by atoms with Gasteiger partial charge in [-0.05, 0) is 25.1 Å². The summed E-state index contributed by atoms with van der Waals surface area (Å²) in [6.07, 6.45) is 7.45. The molecule has 0 saturated carbocycles. The van der Waals surface area contributed by atoms with E-state index in [2.05, 4.69) is 42.5 Å². The lowest BCUT2D eigenvalue weighted by Gasteiger charge is -2.32. The molecule has 6 rings (SSSR count). The molecule has 0 aromatic carbocycles. The molecule has 1 aliphatic heterocycles. The number of hydrogen-bond acceptors (Lipinski definition) is 9. The largest absolute Gasteiger partial charge is 0.492 e. The number of hydrogen-bond donors (Lipinski definition) is 1. The van der Waals surface area contributed by atoms with Gasteiger partial charge in [0, 0.05) is 55.4 Å². The highest BCUT2D eigenvalue weighted by Gasteiger charge is 2.22. The zero-order valence-electron chi connectivity index (χ0n) is 20.1. The predicted octanol–water partition coefficient (Wildman–Crippen LogP) is 3.52. The number of anilines is 1. The summed E-state index contributed by atoms with van der Waals surface area (Å²) in [6.45, 7) is 4.25. The summed E-state index contributed by atoms with van der Waals surface area (Å²) in [4.78, 5) is 7.08. The minimum atomic E-state index is 0.0945. The molecule has 6 heterocycles. The molecule has 1 saturated heterocycles. The topological polar surface area (TPSA) is 116 Å². The number of aromatic nitrogens is 7. The maximum absolute atomic E-state index is 6.00. The lowest BCUT2D eigenvalue weighted by molar-refractivity contribution is 0.161. The van der Waals surface area contributed by atoms with Gasteiger partial charge in [-0.2, -0.15) is 5.10 Å². The van der Waals surface area contributed by atoms with Gasteiger partial charge in [0.15, 0.2) is 5.65 Å². The van der Waals surface area contributed by atoms with Crippen molar-refractivity contribution in [3.63, 3.8) is 0 Å². The maximum atomic E-state index is 6.00. The smallest absolute Gasteiger partial charge is 0.233 e. The van der Waals surface area contributed by atoms with Crippen LogP contribution in [0.15, 0.2) is 48.9 Å². The number of nitrogens with one attached hydrogen (secondary N) is 1. The first-order valence-electron chi connectivity index (χ1n) is 12.0. The summed E-state index contributed by atoms with van der Waals surface area (Å²) < 4.78 is 18.7. The van der Waals surface area contributed by atoms with Crippen LogP contribution in [0, 0.1) is 0 Å². The minimum Gasteiger partial charge on any atom is -0.492 e. The van der Waals surface area contributed by atoms with Gasteiger partial charge in [-0.1, -0.05) is 0 Å². The molecule has 1 fully saturated rings. The molecule has 0 atom stereocenters. The minimum absolute atomic E-state index is 0.0945. The van der Waals surface area contributed by atoms with Gasteiger partial charge in [-0.15, -0.1) is 15.3 Å². The van der Waals surface area contributed by atoms with E-state index >= 15 is 0 Å². The molecule has 0 unspecified atom stereocenters. The van der Waals surface area contributed by atoms with Crippen LogP contribution in [-0.2, 0) is 0 Å². The molecule has 0 radical (unpaired) electrons. The van der Waals surface area contributed by atoms with Gasteiger partial charge in [0.05, 0.1) is 37.0 Å².